The molecule has 0 aliphatic rings. The predicted molar refractivity (Wildman–Crippen MR) is 60.5 cm³/mol. The summed E-state index contributed by atoms with van der Waals surface area (Å²) in [5.74, 6) is 0.481. The van der Waals surface area contributed by atoms with Crippen LogP contribution in [0.1, 0.15) is 25.3 Å². The Balaban J connectivity index is 0.000000583. The lowest BCUT2D eigenvalue weighted by Crippen LogP contribution is -2.29. The molecule has 0 heterocycles. The Morgan fingerprint density at radius 3 is 1.73 bits per heavy atom. The van der Waals surface area contributed by atoms with Gasteiger partial charge in [0, 0.05) is 0 Å². The standard InChI is InChI=1S/C9H13BO2.BH2O2/c1-7(2)8-3-5-9(6-4-8)10(11)12;2-1-3/h3-7,11-12H,1-2H3;2-3H. The van der Waals surface area contributed by atoms with Crippen LogP contribution in [0.4, 0.5) is 0 Å². The van der Waals surface area contributed by atoms with Gasteiger partial charge in [-0.25, -0.2) is 0 Å². The zero-order valence-corrected chi connectivity index (χ0v) is 8.83. The van der Waals surface area contributed by atoms with E-state index in [2.05, 4.69) is 13.8 Å². The summed E-state index contributed by atoms with van der Waals surface area (Å²) in [6.45, 7) is 4.20. The number of hydrogen-bond donors (Lipinski definition) is 4. The minimum absolute atomic E-state index is 0. The molecule has 4 nitrogen and oxygen atoms in total. The smallest absolute Gasteiger partial charge is 0.429 e. The fraction of sp³-hybridized carbons (Fsp3) is 0.333. The van der Waals surface area contributed by atoms with Crippen LogP contribution in [0.3, 0.4) is 0 Å². The molecule has 1 aromatic carbocycles. The minimum Gasteiger partial charge on any atom is -0.429 e. The van der Waals surface area contributed by atoms with Crippen molar-refractivity contribution in [3.8, 4) is 0 Å². The van der Waals surface area contributed by atoms with Crippen LogP contribution in [0.15, 0.2) is 24.3 Å². The van der Waals surface area contributed by atoms with Crippen molar-refractivity contribution in [1.82, 2.24) is 0 Å². The first-order valence-electron chi connectivity index (χ1n) is 4.59. The second kappa shape index (κ2) is 7.48. The Kier molecular flexibility index (Phi) is 7.07. The molecule has 81 valence electrons. The van der Waals surface area contributed by atoms with Gasteiger partial charge in [0.2, 0.25) is 0 Å². The van der Waals surface area contributed by atoms with Crippen molar-refractivity contribution in [2.45, 2.75) is 19.8 Å². The van der Waals surface area contributed by atoms with Crippen LogP contribution in [0.25, 0.3) is 0 Å². The largest absolute Gasteiger partial charge is 0.488 e. The van der Waals surface area contributed by atoms with Crippen LogP contribution in [0.2, 0.25) is 0 Å². The summed E-state index contributed by atoms with van der Waals surface area (Å²) in [7, 11) is -1.36. The Morgan fingerprint density at radius 2 is 1.47 bits per heavy atom. The van der Waals surface area contributed by atoms with Gasteiger partial charge in [0.05, 0.1) is 0 Å². The first-order chi connectivity index (χ1) is 7.02. The van der Waals surface area contributed by atoms with E-state index < -0.39 is 7.12 Å². The van der Waals surface area contributed by atoms with E-state index in [4.69, 9.17) is 20.1 Å². The maximum absolute atomic E-state index is 8.81. The molecule has 0 saturated carbocycles. The summed E-state index contributed by atoms with van der Waals surface area (Å²) in [4.78, 5) is 0. The quantitative estimate of drug-likeness (QED) is 0.470. The van der Waals surface area contributed by atoms with E-state index in [0.29, 0.717) is 11.4 Å². The van der Waals surface area contributed by atoms with Crippen molar-refractivity contribution in [2.24, 2.45) is 0 Å². The van der Waals surface area contributed by atoms with E-state index in [0.717, 1.165) is 0 Å². The van der Waals surface area contributed by atoms with Crippen molar-refractivity contribution < 1.29 is 20.1 Å². The van der Waals surface area contributed by atoms with E-state index in [-0.39, 0.29) is 7.69 Å². The molecule has 0 amide bonds. The molecule has 0 aliphatic carbocycles. The molecule has 1 aromatic rings. The van der Waals surface area contributed by atoms with Gasteiger partial charge in [-0.15, -0.1) is 0 Å². The lowest BCUT2D eigenvalue weighted by atomic mass is 9.79. The molecule has 0 aliphatic heterocycles. The lowest BCUT2D eigenvalue weighted by Gasteiger charge is -2.05. The number of benzene rings is 1. The Morgan fingerprint density at radius 1 is 1.07 bits per heavy atom. The molecule has 1 rings (SSSR count). The van der Waals surface area contributed by atoms with Crippen molar-refractivity contribution in [3.05, 3.63) is 29.8 Å². The zero-order valence-electron chi connectivity index (χ0n) is 8.83. The topological polar surface area (TPSA) is 80.9 Å². The second-order valence-corrected chi connectivity index (χ2v) is 3.31. The van der Waals surface area contributed by atoms with E-state index in [9.17, 15) is 0 Å². The molecule has 4 N–H and O–H groups in total. The van der Waals surface area contributed by atoms with Gasteiger partial charge in [-0.1, -0.05) is 38.1 Å². The molecule has 1 radical (unpaired) electrons. The third-order valence-electron chi connectivity index (χ3n) is 1.90. The Bertz CT molecular complexity index is 234. The Hall–Kier alpha value is -0.810. The maximum atomic E-state index is 8.81. The highest BCUT2D eigenvalue weighted by atomic mass is 16.4. The van der Waals surface area contributed by atoms with Gasteiger partial charge in [0.1, 0.15) is 0 Å². The van der Waals surface area contributed by atoms with E-state index in [1.54, 1.807) is 12.1 Å². The maximum Gasteiger partial charge on any atom is 0.488 e. The van der Waals surface area contributed by atoms with Crippen LogP contribution in [-0.4, -0.2) is 34.9 Å². The fourth-order valence-electron chi connectivity index (χ4n) is 1.05. The van der Waals surface area contributed by atoms with Crippen molar-refractivity contribution >= 4 is 20.3 Å². The number of rotatable bonds is 2. The molecule has 0 unspecified atom stereocenters. The van der Waals surface area contributed by atoms with Gasteiger partial charge in [0.15, 0.2) is 0 Å². The summed E-state index contributed by atoms with van der Waals surface area (Å²) in [6.07, 6.45) is 0. The SMILES string of the molecule is CC(C)c1ccc(B(O)O)cc1.O[B]O. The van der Waals surface area contributed by atoms with Crippen molar-refractivity contribution in [1.29, 1.82) is 0 Å². The van der Waals surface area contributed by atoms with Crippen LogP contribution < -0.4 is 5.46 Å². The highest BCUT2D eigenvalue weighted by Crippen LogP contribution is 2.11. The summed E-state index contributed by atoms with van der Waals surface area (Å²) in [6, 6.07) is 7.30. The first kappa shape index (κ1) is 14.2. The normalized spacial score (nSPS) is 9.27. The Labute approximate surface area is 90.7 Å². The second-order valence-electron chi connectivity index (χ2n) is 3.31. The van der Waals surface area contributed by atoms with Crippen LogP contribution in [-0.2, 0) is 0 Å². The van der Waals surface area contributed by atoms with E-state index >= 15 is 0 Å². The molecule has 0 bridgehead atoms. The van der Waals surface area contributed by atoms with Crippen LogP contribution in [0, 0.1) is 0 Å². The van der Waals surface area contributed by atoms with Crippen molar-refractivity contribution in [2.75, 3.05) is 0 Å². The van der Waals surface area contributed by atoms with Gasteiger partial charge in [-0.3, -0.25) is 0 Å². The number of hydrogen-bond acceptors (Lipinski definition) is 4. The molecule has 15 heavy (non-hydrogen) atoms. The summed E-state index contributed by atoms with van der Waals surface area (Å²) < 4.78 is 0. The predicted octanol–water partition coefficient (Wildman–Crippen LogP) is -1.00. The van der Waals surface area contributed by atoms with E-state index in [1.165, 1.54) is 5.56 Å². The third-order valence-corrected chi connectivity index (χ3v) is 1.90. The minimum atomic E-state index is -1.36. The highest BCUT2D eigenvalue weighted by molar-refractivity contribution is 6.58. The highest BCUT2D eigenvalue weighted by Gasteiger charge is 2.09. The fourth-order valence-corrected chi connectivity index (χ4v) is 1.05. The third kappa shape index (κ3) is 5.59. The average Bonchev–Trinajstić information content (AvgIpc) is 2.19. The van der Waals surface area contributed by atoms with Crippen LogP contribution in [0.5, 0.6) is 0 Å². The molecular weight excluding hydrogens is 194 g/mol. The van der Waals surface area contributed by atoms with Crippen LogP contribution >= 0.6 is 0 Å². The van der Waals surface area contributed by atoms with Gasteiger partial charge < -0.3 is 20.1 Å². The lowest BCUT2D eigenvalue weighted by molar-refractivity contribution is 0.425. The molecular formula is C9H15B2O4. The zero-order chi connectivity index (χ0) is 11.8. The molecule has 0 saturated heterocycles. The average molecular weight is 209 g/mol. The van der Waals surface area contributed by atoms with Gasteiger partial charge in [-0.2, -0.15) is 0 Å². The summed E-state index contributed by atoms with van der Waals surface area (Å²) in [5, 5.41) is 31.6. The molecule has 0 fully saturated rings. The monoisotopic (exact) mass is 209 g/mol. The molecule has 0 atom stereocenters. The summed E-state index contributed by atoms with van der Waals surface area (Å²) >= 11 is 0. The summed E-state index contributed by atoms with van der Waals surface area (Å²) in [5.41, 5.74) is 1.75. The van der Waals surface area contributed by atoms with Crippen molar-refractivity contribution in [3.63, 3.8) is 0 Å². The molecule has 0 aromatic heterocycles. The first-order valence-corrected chi connectivity index (χ1v) is 4.59. The van der Waals surface area contributed by atoms with Gasteiger partial charge in [-0.05, 0) is 16.9 Å². The molecule has 0 spiro atoms. The molecule has 6 heteroatoms. The van der Waals surface area contributed by atoms with E-state index in [1.807, 2.05) is 12.1 Å². The van der Waals surface area contributed by atoms with Gasteiger partial charge >= 0.3 is 14.8 Å². The van der Waals surface area contributed by atoms with Gasteiger partial charge in [0.25, 0.3) is 0 Å².